The van der Waals surface area contributed by atoms with Gasteiger partial charge in [0.2, 0.25) is 0 Å². The third-order valence-corrected chi connectivity index (χ3v) is 6.48. The van der Waals surface area contributed by atoms with E-state index in [1.807, 2.05) is 41.8 Å². The Morgan fingerprint density at radius 3 is 2.19 bits per heavy atom. The normalized spacial score (nSPS) is 16.3. The number of hydrogen-bond donors (Lipinski definition) is 0. The Labute approximate surface area is 209 Å². The first-order chi connectivity index (χ1) is 17.1. The quantitative estimate of drug-likeness (QED) is 0.215. The van der Waals surface area contributed by atoms with Gasteiger partial charge in [-0.05, 0) is 23.3 Å². The van der Waals surface area contributed by atoms with Crippen LogP contribution < -0.4 is 14.2 Å². The van der Waals surface area contributed by atoms with Gasteiger partial charge >= 0.3 is 11.9 Å². The third kappa shape index (κ3) is 4.48. The molecule has 1 aliphatic heterocycles. The maximum atomic E-state index is 13.6. The standard InChI is InChI=1S/C27H30N2O7/c1-16-17(2)29(32)24(28(16)15-18-10-8-7-9-11-18)22(19-12-13-20(33-5)21(14-19)34-6)23-25(30)35-27(3,4)36-26(23)31/h7-14,22-23H,15H2,1-6H3/t22-/m0/s1. The van der Waals surface area contributed by atoms with Gasteiger partial charge in [0.05, 0.1) is 14.2 Å². The molecule has 1 aromatic heterocycles. The summed E-state index contributed by atoms with van der Waals surface area (Å²) in [4.78, 5) is 26.5. The van der Waals surface area contributed by atoms with Gasteiger partial charge < -0.3 is 24.2 Å². The second-order valence-electron chi connectivity index (χ2n) is 9.21. The average Bonchev–Trinajstić information content (AvgIpc) is 3.04. The maximum Gasteiger partial charge on any atom is 0.324 e. The van der Waals surface area contributed by atoms with Gasteiger partial charge in [0.25, 0.3) is 11.6 Å². The van der Waals surface area contributed by atoms with Crippen LogP contribution in [0.1, 0.15) is 48.1 Å². The highest BCUT2D eigenvalue weighted by Gasteiger charge is 2.52. The topological polar surface area (TPSA) is 103 Å². The number of methoxy groups -OCH3 is 2. The Balaban J connectivity index is 1.96. The van der Waals surface area contributed by atoms with Crippen molar-refractivity contribution in [1.82, 2.24) is 4.57 Å². The number of carbonyl (C=O) groups is 2. The van der Waals surface area contributed by atoms with Crippen molar-refractivity contribution in [2.45, 2.75) is 45.9 Å². The summed E-state index contributed by atoms with van der Waals surface area (Å²) in [5.41, 5.74) is 2.64. The molecule has 9 nitrogen and oxygen atoms in total. The summed E-state index contributed by atoms with van der Waals surface area (Å²) < 4.78 is 24.4. The smallest absolute Gasteiger partial charge is 0.324 e. The third-order valence-electron chi connectivity index (χ3n) is 6.48. The van der Waals surface area contributed by atoms with Gasteiger partial charge in [-0.15, -0.1) is 0 Å². The van der Waals surface area contributed by atoms with Crippen molar-refractivity contribution in [3.8, 4) is 11.5 Å². The molecule has 0 aliphatic carbocycles. The fourth-order valence-corrected chi connectivity index (χ4v) is 4.59. The summed E-state index contributed by atoms with van der Waals surface area (Å²) in [6, 6.07) is 14.7. The van der Waals surface area contributed by atoms with Gasteiger partial charge in [0.1, 0.15) is 23.9 Å². The Morgan fingerprint density at radius 2 is 1.61 bits per heavy atom. The molecule has 2 heterocycles. The molecule has 0 bridgehead atoms. The first-order valence-electron chi connectivity index (χ1n) is 11.6. The van der Waals surface area contributed by atoms with Crippen molar-refractivity contribution in [2.24, 2.45) is 5.92 Å². The van der Waals surface area contributed by atoms with Gasteiger partial charge in [-0.2, -0.15) is 0 Å². The van der Waals surface area contributed by atoms with Crippen molar-refractivity contribution < 1.29 is 33.3 Å². The van der Waals surface area contributed by atoms with E-state index in [2.05, 4.69) is 0 Å². The van der Waals surface area contributed by atoms with Crippen LogP contribution in [0.15, 0.2) is 48.5 Å². The number of cyclic esters (lactones) is 2. The molecular weight excluding hydrogens is 464 g/mol. The first kappa shape index (κ1) is 25.1. The molecule has 0 spiro atoms. The predicted molar refractivity (Wildman–Crippen MR) is 130 cm³/mol. The average molecular weight is 495 g/mol. The van der Waals surface area contributed by atoms with Gasteiger partial charge in [0.15, 0.2) is 17.4 Å². The van der Waals surface area contributed by atoms with Crippen LogP contribution in [0.2, 0.25) is 0 Å². The molecule has 3 aromatic rings. The van der Waals surface area contributed by atoms with Crippen molar-refractivity contribution in [1.29, 1.82) is 0 Å². The number of hydrogen-bond acceptors (Lipinski definition) is 7. The molecule has 0 unspecified atom stereocenters. The lowest BCUT2D eigenvalue weighted by molar-refractivity contribution is -0.621. The van der Waals surface area contributed by atoms with Crippen LogP contribution in [0.3, 0.4) is 0 Å². The van der Waals surface area contributed by atoms with Crippen LogP contribution >= 0.6 is 0 Å². The van der Waals surface area contributed by atoms with E-state index in [9.17, 15) is 14.8 Å². The minimum Gasteiger partial charge on any atom is -0.711 e. The molecule has 4 rings (SSSR count). The molecule has 1 saturated heterocycles. The zero-order valence-electron chi connectivity index (χ0n) is 21.2. The molecule has 0 saturated carbocycles. The number of benzene rings is 2. The van der Waals surface area contributed by atoms with Crippen LogP contribution in [0, 0.1) is 25.0 Å². The molecule has 0 radical (unpaired) electrons. The fourth-order valence-electron chi connectivity index (χ4n) is 4.59. The van der Waals surface area contributed by atoms with E-state index < -0.39 is 29.6 Å². The lowest BCUT2D eigenvalue weighted by atomic mass is 9.84. The van der Waals surface area contributed by atoms with Crippen LogP contribution in [0.25, 0.3) is 0 Å². The SMILES string of the molecule is COc1ccc([C@H](c2n(Cc3ccccc3)c(C)c(C)[n+]2[O-])C2C(=O)OC(C)(C)OC2=O)cc1OC. The second kappa shape index (κ2) is 9.56. The van der Waals surface area contributed by atoms with E-state index in [0.29, 0.717) is 35.0 Å². The van der Waals surface area contributed by atoms with E-state index in [4.69, 9.17) is 18.9 Å². The Morgan fingerprint density at radius 1 is 1.00 bits per heavy atom. The van der Waals surface area contributed by atoms with Gasteiger partial charge in [0, 0.05) is 27.7 Å². The largest absolute Gasteiger partial charge is 0.711 e. The monoisotopic (exact) mass is 494 g/mol. The molecule has 0 N–H and O–H groups in total. The van der Waals surface area contributed by atoms with E-state index in [1.54, 1.807) is 25.1 Å². The zero-order valence-corrected chi connectivity index (χ0v) is 21.2. The lowest BCUT2D eigenvalue weighted by Gasteiger charge is -2.35. The number of rotatable bonds is 7. The molecule has 1 atom stereocenters. The summed E-state index contributed by atoms with van der Waals surface area (Å²) in [6.45, 7) is 6.89. The molecular formula is C27H30N2O7. The molecule has 1 aliphatic rings. The Kier molecular flexibility index (Phi) is 6.67. The molecule has 2 aromatic carbocycles. The maximum absolute atomic E-state index is 13.6. The summed E-state index contributed by atoms with van der Waals surface area (Å²) in [7, 11) is 3.00. The van der Waals surface area contributed by atoms with E-state index >= 15 is 0 Å². The number of nitrogens with zero attached hydrogens (tertiary/aromatic N) is 2. The predicted octanol–water partition coefficient (Wildman–Crippen LogP) is 3.39. The molecule has 36 heavy (non-hydrogen) atoms. The highest BCUT2D eigenvalue weighted by atomic mass is 16.7. The van der Waals surface area contributed by atoms with Crippen molar-refractivity contribution >= 4 is 11.9 Å². The summed E-state index contributed by atoms with van der Waals surface area (Å²) in [5, 5.41) is 13.6. The van der Waals surface area contributed by atoms with Crippen LogP contribution in [0.5, 0.6) is 11.5 Å². The minimum absolute atomic E-state index is 0.222. The van der Waals surface area contributed by atoms with Gasteiger partial charge in [-0.3, -0.25) is 9.59 Å². The Hall–Kier alpha value is -4.01. The van der Waals surface area contributed by atoms with Crippen LogP contribution in [-0.2, 0) is 25.6 Å². The molecule has 1 fully saturated rings. The number of imidazole rings is 1. The minimum atomic E-state index is -1.40. The number of esters is 2. The van der Waals surface area contributed by atoms with Gasteiger partial charge in [-0.25, -0.2) is 9.30 Å². The lowest BCUT2D eigenvalue weighted by Crippen LogP contribution is -2.50. The van der Waals surface area contributed by atoms with Crippen molar-refractivity contribution in [3.63, 3.8) is 0 Å². The highest BCUT2D eigenvalue weighted by molar-refractivity contribution is 5.98. The van der Waals surface area contributed by atoms with E-state index in [-0.39, 0.29) is 5.82 Å². The Bertz CT molecular complexity index is 1280. The van der Waals surface area contributed by atoms with E-state index in [1.165, 1.54) is 28.1 Å². The van der Waals surface area contributed by atoms with Crippen molar-refractivity contribution in [3.05, 3.63) is 82.1 Å². The fraction of sp³-hybridized carbons (Fsp3) is 0.370. The summed E-state index contributed by atoms with van der Waals surface area (Å²) in [6.07, 6.45) is 0. The summed E-state index contributed by atoms with van der Waals surface area (Å²) >= 11 is 0. The highest BCUT2D eigenvalue weighted by Crippen LogP contribution is 2.40. The first-order valence-corrected chi connectivity index (χ1v) is 11.6. The second-order valence-corrected chi connectivity index (χ2v) is 9.21. The van der Waals surface area contributed by atoms with Crippen LogP contribution in [-0.4, -0.2) is 36.5 Å². The molecule has 0 amide bonds. The number of ether oxygens (including phenoxy) is 4. The number of carbonyl (C=O) groups excluding carboxylic acids is 2. The van der Waals surface area contributed by atoms with E-state index in [0.717, 1.165) is 10.3 Å². The van der Waals surface area contributed by atoms with Crippen LogP contribution in [0.4, 0.5) is 0 Å². The number of aromatic nitrogens is 2. The van der Waals surface area contributed by atoms with Gasteiger partial charge in [-0.1, -0.05) is 36.4 Å². The summed E-state index contributed by atoms with van der Waals surface area (Å²) in [5.74, 6) is -4.27. The molecule has 9 heteroatoms. The molecule has 190 valence electrons. The van der Waals surface area contributed by atoms with Crippen molar-refractivity contribution in [2.75, 3.05) is 14.2 Å². The zero-order chi connectivity index (χ0) is 26.2.